The quantitative estimate of drug-likeness (QED) is 0.418. The van der Waals surface area contributed by atoms with Gasteiger partial charge in [-0.05, 0) is 49.6 Å². The zero-order chi connectivity index (χ0) is 20.9. The van der Waals surface area contributed by atoms with Gasteiger partial charge in [-0.15, -0.1) is 0 Å². The van der Waals surface area contributed by atoms with Crippen molar-refractivity contribution in [3.8, 4) is 5.75 Å². The van der Waals surface area contributed by atoms with Crippen LogP contribution < -0.4 is 9.64 Å². The monoisotopic (exact) mass is 420 g/mol. The lowest BCUT2D eigenvalue weighted by atomic mass is 10.1. The summed E-state index contributed by atoms with van der Waals surface area (Å²) in [6.45, 7) is 5.46. The number of ether oxygens (including phenoxy) is 1. The average molecular weight is 421 g/mol. The number of hydrogen-bond donors (Lipinski definition) is 0. The highest BCUT2D eigenvalue weighted by atomic mass is 32.1. The van der Waals surface area contributed by atoms with Crippen LogP contribution in [0.25, 0.3) is 10.2 Å². The molecule has 2 aromatic heterocycles. The second-order valence-corrected chi connectivity index (χ2v) is 8.24. The molecule has 1 amide bonds. The van der Waals surface area contributed by atoms with Crippen LogP contribution in [0.2, 0.25) is 0 Å². The summed E-state index contributed by atoms with van der Waals surface area (Å²) in [5.41, 5.74) is 3.27. The number of fused-ring (bicyclic) bond motifs is 1. The van der Waals surface area contributed by atoms with Crippen molar-refractivity contribution < 1.29 is 9.53 Å². The van der Waals surface area contributed by atoms with E-state index in [1.54, 1.807) is 28.8 Å². The Bertz CT molecular complexity index is 1120. The predicted octanol–water partition coefficient (Wildman–Crippen LogP) is 4.61. The lowest BCUT2D eigenvalue weighted by Gasteiger charge is -2.20. The van der Waals surface area contributed by atoms with Crippen molar-refractivity contribution in [3.05, 3.63) is 72.3 Å². The maximum absolute atomic E-state index is 13.1. The molecular formula is C23H24N4O2S. The SMILES string of the molecule is Cc1cc(C)c2nc(N(CCCn3ccnc3)C(=O)COc3ccccc3)sc2c1. The van der Waals surface area contributed by atoms with Crippen molar-refractivity contribution in [2.24, 2.45) is 0 Å². The Hall–Kier alpha value is -3.19. The first-order chi connectivity index (χ1) is 14.6. The normalized spacial score (nSPS) is 11.0. The lowest BCUT2D eigenvalue weighted by molar-refractivity contribution is -0.120. The molecule has 0 aliphatic rings. The molecule has 2 heterocycles. The Balaban J connectivity index is 1.54. The highest BCUT2D eigenvalue weighted by Gasteiger charge is 2.21. The molecule has 0 aliphatic carbocycles. The van der Waals surface area contributed by atoms with Gasteiger partial charge in [0.15, 0.2) is 11.7 Å². The van der Waals surface area contributed by atoms with Crippen LogP contribution in [-0.2, 0) is 11.3 Å². The van der Waals surface area contributed by atoms with E-state index >= 15 is 0 Å². The zero-order valence-electron chi connectivity index (χ0n) is 17.1. The number of rotatable bonds is 8. The van der Waals surface area contributed by atoms with Crippen LogP contribution in [0.15, 0.2) is 61.2 Å². The fourth-order valence-electron chi connectivity index (χ4n) is 3.37. The van der Waals surface area contributed by atoms with E-state index in [1.807, 2.05) is 41.1 Å². The third-order valence-electron chi connectivity index (χ3n) is 4.81. The third kappa shape index (κ3) is 4.68. The molecule has 154 valence electrons. The number of amides is 1. The molecule has 2 aromatic carbocycles. The molecule has 0 N–H and O–H groups in total. The highest BCUT2D eigenvalue weighted by Crippen LogP contribution is 2.32. The van der Waals surface area contributed by atoms with Gasteiger partial charge in [0.05, 0.1) is 16.5 Å². The standard InChI is InChI=1S/C23H24N4O2S/c1-17-13-18(2)22-20(14-17)30-23(25-22)27(11-6-10-26-12-9-24-16-26)21(28)15-29-19-7-4-3-5-8-19/h3-5,7-9,12-14,16H,6,10-11,15H2,1-2H3. The van der Waals surface area contributed by atoms with Gasteiger partial charge in [-0.3, -0.25) is 9.69 Å². The Morgan fingerprint density at radius 2 is 2.03 bits per heavy atom. The smallest absolute Gasteiger partial charge is 0.266 e. The summed E-state index contributed by atoms with van der Waals surface area (Å²) in [5.74, 6) is 0.581. The molecule has 6 nitrogen and oxygen atoms in total. The van der Waals surface area contributed by atoms with Gasteiger partial charge < -0.3 is 9.30 Å². The van der Waals surface area contributed by atoms with E-state index < -0.39 is 0 Å². The number of anilines is 1. The largest absolute Gasteiger partial charge is 0.484 e. The van der Waals surface area contributed by atoms with Crippen LogP contribution in [0.3, 0.4) is 0 Å². The van der Waals surface area contributed by atoms with E-state index in [-0.39, 0.29) is 12.5 Å². The van der Waals surface area contributed by atoms with Crippen molar-refractivity contribution >= 4 is 32.6 Å². The maximum atomic E-state index is 13.1. The summed E-state index contributed by atoms with van der Waals surface area (Å²) < 4.78 is 8.81. The lowest BCUT2D eigenvalue weighted by Crippen LogP contribution is -2.36. The fraction of sp³-hybridized carbons (Fsp3) is 0.261. The fourth-order valence-corrected chi connectivity index (χ4v) is 4.56. The summed E-state index contributed by atoms with van der Waals surface area (Å²) in [5, 5.41) is 0.714. The molecule has 4 rings (SSSR count). The topological polar surface area (TPSA) is 60.2 Å². The van der Waals surface area contributed by atoms with Gasteiger partial charge in [-0.1, -0.05) is 35.6 Å². The summed E-state index contributed by atoms with van der Waals surface area (Å²) in [6, 6.07) is 13.6. The van der Waals surface area contributed by atoms with E-state index in [9.17, 15) is 4.79 Å². The molecule has 0 saturated carbocycles. The first kappa shape index (κ1) is 20.1. The van der Waals surface area contributed by atoms with Crippen LogP contribution >= 0.6 is 11.3 Å². The minimum atomic E-state index is -0.0992. The predicted molar refractivity (Wildman–Crippen MR) is 120 cm³/mol. The molecule has 0 radical (unpaired) electrons. The van der Waals surface area contributed by atoms with E-state index in [0.717, 1.165) is 28.7 Å². The van der Waals surface area contributed by atoms with Gasteiger partial charge in [-0.2, -0.15) is 0 Å². The second-order valence-electron chi connectivity index (χ2n) is 7.23. The van der Waals surface area contributed by atoms with Gasteiger partial charge in [0, 0.05) is 25.5 Å². The number of imidazole rings is 1. The van der Waals surface area contributed by atoms with Gasteiger partial charge in [0.1, 0.15) is 5.75 Å². The molecule has 0 aliphatic heterocycles. The van der Waals surface area contributed by atoms with E-state index in [1.165, 1.54) is 5.56 Å². The van der Waals surface area contributed by atoms with Gasteiger partial charge in [0.25, 0.3) is 5.91 Å². The molecule has 0 atom stereocenters. The van der Waals surface area contributed by atoms with Gasteiger partial charge in [0.2, 0.25) is 0 Å². The number of benzene rings is 2. The first-order valence-corrected chi connectivity index (χ1v) is 10.7. The number of aryl methyl sites for hydroxylation is 3. The third-order valence-corrected chi connectivity index (χ3v) is 5.84. The van der Waals surface area contributed by atoms with Crippen LogP contribution in [0.4, 0.5) is 5.13 Å². The average Bonchev–Trinajstić information content (AvgIpc) is 3.40. The summed E-state index contributed by atoms with van der Waals surface area (Å²) in [4.78, 5) is 23.7. The van der Waals surface area contributed by atoms with Crippen LogP contribution in [0.1, 0.15) is 17.5 Å². The Kier molecular flexibility index (Phi) is 6.09. The molecule has 0 bridgehead atoms. The zero-order valence-corrected chi connectivity index (χ0v) is 17.9. The Labute approximate surface area is 179 Å². The van der Waals surface area contributed by atoms with E-state index in [2.05, 4.69) is 31.0 Å². The minimum Gasteiger partial charge on any atom is -0.484 e. The first-order valence-electron chi connectivity index (χ1n) is 9.92. The highest BCUT2D eigenvalue weighted by molar-refractivity contribution is 7.22. The molecule has 0 unspecified atom stereocenters. The number of thiazole rings is 1. The summed E-state index contributed by atoms with van der Waals surface area (Å²) in [7, 11) is 0. The molecule has 0 spiro atoms. The maximum Gasteiger partial charge on any atom is 0.266 e. The van der Waals surface area contributed by atoms with Crippen molar-refractivity contribution in [2.45, 2.75) is 26.8 Å². The number of nitrogens with zero attached hydrogens (tertiary/aromatic N) is 4. The number of carbonyl (C=O) groups excluding carboxylic acids is 1. The van der Waals surface area contributed by atoms with E-state index in [0.29, 0.717) is 17.4 Å². The molecule has 7 heteroatoms. The second kappa shape index (κ2) is 9.09. The van der Waals surface area contributed by atoms with Crippen molar-refractivity contribution in [3.63, 3.8) is 0 Å². The summed E-state index contributed by atoms with van der Waals surface area (Å²) in [6.07, 6.45) is 6.26. The molecule has 0 fully saturated rings. The van der Waals surface area contributed by atoms with Crippen molar-refractivity contribution in [1.29, 1.82) is 0 Å². The van der Waals surface area contributed by atoms with E-state index in [4.69, 9.17) is 9.72 Å². The van der Waals surface area contributed by atoms with Crippen LogP contribution in [-0.4, -0.2) is 33.6 Å². The molecular weight excluding hydrogens is 396 g/mol. The number of aromatic nitrogens is 3. The summed E-state index contributed by atoms with van der Waals surface area (Å²) >= 11 is 1.55. The van der Waals surface area contributed by atoms with Crippen LogP contribution in [0, 0.1) is 13.8 Å². The van der Waals surface area contributed by atoms with Crippen molar-refractivity contribution in [1.82, 2.24) is 14.5 Å². The molecule has 4 aromatic rings. The minimum absolute atomic E-state index is 0.0248. The number of para-hydroxylation sites is 1. The van der Waals surface area contributed by atoms with Gasteiger partial charge >= 0.3 is 0 Å². The van der Waals surface area contributed by atoms with Crippen LogP contribution in [0.5, 0.6) is 5.75 Å². The number of hydrogen-bond acceptors (Lipinski definition) is 5. The Morgan fingerprint density at radius 1 is 1.20 bits per heavy atom. The Morgan fingerprint density at radius 3 is 2.80 bits per heavy atom. The molecule has 0 saturated heterocycles. The number of carbonyl (C=O) groups is 1. The van der Waals surface area contributed by atoms with Gasteiger partial charge in [-0.25, -0.2) is 9.97 Å². The molecule has 30 heavy (non-hydrogen) atoms. The van der Waals surface area contributed by atoms with Crippen molar-refractivity contribution in [2.75, 3.05) is 18.1 Å².